The maximum Gasteiger partial charge on any atom is 0.307 e. The van der Waals surface area contributed by atoms with Gasteiger partial charge in [0.2, 0.25) is 0 Å². The Balaban J connectivity index is 2.26. The first-order valence-corrected chi connectivity index (χ1v) is 5.89. The van der Waals surface area contributed by atoms with Crippen molar-refractivity contribution in [2.45, 2.75) is 39.8 Å². The number of carbonyl (C=O) groups is 1. The van der Waals surface area contributed by atoms with E-state index in [1.54, 1.807) is 13.3 Å². The van der Waals surface area contributed by atoms with E-state index in [1.165, 1.54) is 0 Å². The number of hydrogen-bond acceptors (Lipinski definition) is 5. The average Bonchev–Trinajstić information content (AvgIpc) is 2.73. The Morgan fingerprint density at radius 2 is 2.35 bits per heavy atom. The van der Waals surface area contributed by atoms with Crippen LogP contribution in [0.25, 0.3) is 0 Å². The molecule has 0 aliphatic heterocycles. The van der Waals surface area contributed by atoms with E-state index in [0.717, 1.165) is 5.82 Å². The highest BCUT2D eigenvalue weighted by Crippen LogP contribution is 2.04. The summed E-state index contributed by atoms with van der Waals surface area (Å²) in [6.07, 6.45) is 1.92. The molecule has 1 N–H and O–H groups in total. The van der Waals surface area contributed by atoms with E-state index in [0.29, 0.717) is 32.2 Å². The highest BCUT2D eigenvalue weighted by molar-refractivity contribution is 5.69. The molecule has 96 valence electrons. The molecule has 0 spiro atoms. The van der Waals surface area contributed by atoms with Crippen molar-refractivity contribution < 1.29 is 9.53 Å². The number of rotatable bonds is 7. The molecule has 0 atom stereocenters. The van der Waals surface area contributed by atoms with Crippen LogP contribution in [0.1, 0.15) is 39.1 Å². The fraction of sp³-hybridized carbons (Fsp3) is 0.727. The molecular formula is C11H20N4O2. The van der Waals surface area contributed by atoms with Gasteiger partial charge in [-0.15, -0.1) is 0 Å². The highest BCUT2D eigenvalue weighted by atomic mass is 16.5. The minimum atomic E-state index is -0.176. The third-order valence-electron chi connectivity index (χ3n) is 2.23. The maximum absolute atomic E-state index is 11.1. The molecule has 0 aromatic carbocycles. The minimum absolute atomic E-state index is 0.176. The third kappa shape index (κ3) is 4.52. The van der Waals surface area contributed by atoms with E-state index in [2.05, 4.69) is 29.2 Å². The zero-order valence-electron chi connectivity index (χ0n) is 10.6. The average molecular weight is 240 g/mol. The van der Waals surface area contributed by atoms with Crippen LogP contribution in [0.4, 0.5) is 0 Å². The van der Waals surface area contributed by atoms with Crippen molar-refractivity contribution in [3.05, 3.63) is 12.2 Å². The monoisotopic (exact) mass is 240 g/mol. The molecule has 0 saturated heterocycles. The first-order chi connectivity index (χ1) is 8.15. The molecule has 6 heteroatoms. The predicted octanol–water partition coefficient (Wildman–Crippen LogP) is 0.902. The normalized spacial score (nSPS) is 10.8. The number of hydrogen-bond donors (Lipinski definition) is 1. The number of carbonyl (C=O) groups excluding carboxylic acids is 1. The second-order valence-electron chi connectivity index (χ2n) is 3.95. The summed E-state index contributed by atoms with van der Waals surface area (Å²) >= 11 is 0. The summed E-state index contributed by atoms with van der Waals surface area (Å²) in [7, 11) is 0. The van der Waals surface area contributed by atoms with E-state index in [-0.39, 0.29) is 5.97 Å². The van der Waals surface area contributed by atoms with Gasteiger partial charge in [-0.2, -0.15) is 5.10 Å². The number of nitrogens with one attached hydrogen (secondary N) is 1. The topological polar surface area (TPSA) is 69.0 Å². The fourth-order valence-corrected chi connectivity index (χ4v) is 1.46. The van der Waals surface area contributed by atoms with Crippen LogP contribution in [0.2, 0.25) is 0 Å². The fourth-order valence-electron chi connectivity index (χ4n) is 1.46. The smallest absolute Gasteiger partial charge is 0.307 e. The summed E-state index contributed by atoms with van der Waals surface area (Å²) in [6.45, 7) is 7.53. The molecule has 0 unspecified atom stereocenters. The van der Waals surface area contributed by atoms with Crippen LogP contribution in [0.5, 0.6) is 0 Å². The largest absolute Gasteiger partial charge is 0.466 e. The molecule has 0 bridgehead atoms. The quantitative estimate of drug-likeness (QED) is 0.566. The lowest BCUT2D eigenvalue weighted by Crippen LogP contribution is -2.22. The zero-order valence-corrected chi connectivity index (χ0v) is 10.6. The standard InChI is InChI=1S/C11H20N4O2/c1-4-17-11(16)5-6-12-7-10-13-8-14-15(10)9(2)3/h8-9,12H,4-7H2,1-3H3. The Morgan fingerprint density at radius 3 is 3.00 bits per heavy atom. The third-order valence-corrected chi connectivity index (χ3v) is 2.23. The van der Waals surface area contributed by atoms with Crippen LogP contribution in [0.15, 0.2) is 6.33 Å². The molecule has 0 aliphatic carbocycles. The molecular weight excluding hydrogens is 220 g/mol. The van der Waals surface area contributed by atoms with Crippen molar-refractivity contribution in [1.29, 1.82) is 0 Å². The van der Waals surface area contributed by atoms with E-state index >= 15 is 0 Å². The summed E-state index contributed by atoms with van der Waals surface area (Å²) in [6, 6.07) is 0.291. The van der Waals surface area contributed by atoms with Crippen molar-refractivity contribution in [2.75, 3.05) is 13.2 Å². The number of ether oxygens (including phenoxy) is 1. The second kappa shape index (κ2) is 7.01. The van der Waals surface area contributed by atoms with Gasteiger partial charge in [0, 0.05) is 12.6 Å². The van der Waals surface area contributed by atoms with Crippen LogP contribution >= 0.6 is 0 Å². The summed E-state index contributed by atoms with van der Waals surface area (Å²) < 4.78 is 6.69. The van der Waals surface area contributed by atoms with Gasteiger partial charge in [-0.25, -0.2) is 9.67 Å². The van der Waals surface area contributed by atoms with Crippen molar-refractivity contribution in [1.82, 2.24) is 20.1 Å². The first-order valence-electron chi connectivity index (χ1n) is 5.89. The highest BCUT2D eigenvalue weighted by Gasteiger charge is 2.07. The van der Waals surface area contributed by atoms with Gasteiger partial charge >= 0.3 is 5.97 Å². The Bertz CT molecular complexity index is 349. The predicted molar refractivity (Wildman–Crippen MR) is 63.4 cm³/mol. The summed E-state index contributed by atoms with van der Waals surface area (Å²) in [5, 5.41) is 7.28. The molecule has 1 heterocycles. The Labute approximate surface area is 101 Å². The van der Waals surface area contributed by atoms with E-state index in [4.69, 9.17) is 4.74 Å². The van der Waals surface area contributed by atoms with E-state index in [1.807, 2.05) is 4.68 Å². The lowest BCUT2D eigenvalue weighted by Gasteiger charge is -2.09. The SMILES string of the molecule is CCOC(=O)CCNCc1ncnn1C(C)C. The van der Waals surface area contributed by atoms with Gasteiger partial charge in [0.25, 0.3) is 0 Å². The molecule has 0 saturated carbocycles. The molecule has 0 amide bonds. The van der Waals surface area contributed by atoms with E-state index < -0.39 is 0 Å². The molecule has 1 rings (SSSR count). The number of esters is 1. The van der Waals surface area contributed by atoms with Crippen LogP contribution in [0, 0.1) is 0 Å². The van der Waals surface area contributed by atoms with Gasteiger partial charge in [0.15, 0.2) is 0 Å². The van der Waals surface area contributed by atoms with E-state index in [9.17, 15) is 4.79 Å². The van der Waals surface area contributed by atoms with Gasteiger partial charge in [-0.3, -0.25) is 4.79 Å². The summed E-state index contributed by atoms with van der Waals surface area (Å²) in [4.78, 5) is 15.2. The molecule has 0 fully saturated rings. The molecule has 1 aromatic rings. The number of nitrogens with zero attached hydrogens (tertiary/aromatic N) is 3. The molecule has 0 aliphatic rings. The lowest BCUT2D eigenvalue weighted by molar-refractivity contribution is -0.142. The second-order valence-corrected chi connectivity index (χ2v) is 3.95. The molecule has 1 aromatic heterocycles. The van der Waals surface area contributed by atoms with Crippen LogP contribution in [-0.2, 0) is 16.1 Å². The van der Waals surface area contributed by atoms with Crippen molar-refractivity contribution in [2.24, 2.45) is 0 Å². The molecule has 6 nitrogen and oxygen atoms in total. The Morgan fingerprint density at radius 1 is 1.59 bits per heavy atom. The molecule has 0 radical (unpaired) electrons. The minimum Gasteiger partial charge on any atom is -0.466 e. The first kappa shape index (κ1) is 13.6. The van der Waals surface area contributed by atoms with Crippen molar-refractivity contribution in [3.8, 4) is 0 Å². The van der Waals surface area contributed by atoms with Gasteiger partial charge < -0.3 is 10.1 Å². The van der Waals surface area contributed by atoms with Crippen molar-refractivity contribution in [3.63, 3.8) is 0 Å². The number of aromatic nitrogens is 3. The Kier molecular flexibility index (Phi) is 5.62. The van der Waals surface area contributed by atoms with Crippen LogP contribution in [0.3, 0.4) is 0 Å². The van der Waals surface area contributed by atoms with Crippen LogP contribution in [-0.4, -0.2) is 33.9 Å². The maximum atomic E-state index is 11.1. The van der Waals surface area contributed by atoms with Crippen LogP contribution < -0.4 is 5.32 Å². The summed E-state index contributed by atoms with van der Waals surface area (Å²) in [5.74, 6) is 0.703. The molecule has 17 heavy (non-hydrogen) atoms. The Hall–Kier alpha value is -1.43. The summed E-state index contributed by atoms with van der Waals surface area (Å²) in [5.41, 5.74) is 0. The lowest BCUT2D eigenvalue weighted by atomic mass is 10.4. The van der Waals surface area contributed by atoms with Gasteiger partial charge in [0.05, 0.1) is 19.6 Å². The zero-order chi connectivity index (χ0) is 12.7. The van der Waals surface area contributed by atoms with Gasteiger partial charge in [-0.05, 0) is 20.8 Å². The van der Waals surface area contributed by atoms with Gasteiger partial charge in [0.1, 0.15) is 12.2 Å². The van der Waals surface area contributed by atoms with Crippen molar-refractivity contribution >= 4 is 5.97 Å². The van der Waals surface area contributed by atoms with Gasteiger partial charge in [-0.1, -0.05) is 0 Å².